The minimum atomic E-state index is 0.373. The minimum absolute atomic E-state index is 0.373. The Morgan fingerprint density at radius 3 is 2.00 bits per heavy atom. The third-order valence-corrected chi connectivity index (χ3v) is 3.97. The molecule has 16 heavy (non-hydrogen) atoms. The highest BCUT2D eigenvalue weighted by molar-refractivity contribution is 5.03. The summed E-state index contributed by atoms with van der Waals surface area (Å²) in [6.45, 7) is 8.98. The first kappa shape index (κ1) is 13.7. The van der Waals surface area contributed by atoms with E-state index >= 15 is 0 Å². The van der Waals surface area contributed by atoms with Crippen molar-refractivity contribution in [3.8, 4) is 0 Å². The number of allylic oxidation sites excluding steroid dienone is 1. The van der Waals surface area contributed by atoms with Crippen LogP contribution in [-0.2, 0) is 0 Å². The van der Waals surface area contributed by atoms with Crippen LogP contribution in [0.3, 0.4) is 0 Å². The summed E-state index contributed by atoms with van der Waals surface area (Å²) in [5, 5.41) is 0. The van der Waals surface area contributed by atoms with Crippen molar-refractivity contribution >= 4 is 0 Å². The van der Waals surface area contributed by atoms with E-state index in [1.54, 1.807) is 0 Å². The van der Waals surface area contributed by atoms with E-state index in [9.17, 15) is 0 Å². The summed E-state index contributed by atoms with van der Waals surface area (Å²) in [7, 11) is 0. The molecule has 0 aromatic carbocycles. The van der Waals surface area contributed by atoms with Gasteiger partial charge in [0.15, 0.2) is 0 Å². The van der Waals surface area contributed by atoms with Crippen molar-refractivity contribution in [2.24, 2.45) is 23.6 Å². The fourth-order valence-corrected chi connectivity index (χ4v) is 2.85. The second kappa shape index (κ2) is 6.41. The molecule has 0 aromatic heterocycles. The van der Waals surface area contributed by atoms with Crippen molar-refractivity contribution in [3.05, 3.63) is 11.6 Å². The first-order valence-corrected chi connectivity index (χ1v) is 6.65. The maximum atomic E-state index is 5.65. The van der Waals surface area contributed by atoms with Crippen molar-refractivity contribution in [2.45, 2.75) is 59.4 Å². The van der Waals surface area contributed by atoms with Crippen LogP contribution < -0.4 is 11.3 Å². The molecule has 1 aliphatic carbocycles. The molecular formula is C14H28N2. The average molecular weight is 224 g/mol. The average Bonchev–Trinajstić information content (AvgIpc) is 2.25. The van der Waals surface area contributed by atoms with Crippen LogP contribution in [-0.4, -0.2) is 6.04 Å². The van der Waals surface area contributed by atoms with Crippen LogP contribution in [0.1, 0.15) is 53.4 Å². The van der Waals surface area contributed by atoms with Crippen molar-refractivity contribution < 1.29 is 0 Å². The Kier molecular flexibility index (Phi) is 5.50. The zero-order valence-corrected chi connectivity index (χ0v) is 11.3. The molecule has 0 bridgehead atoms. The summed E-state index contributed by atoms with van der Waals surface area (Å²) in [5.41, 5.74) is 4.33. The monoisotopic (exact) mass is 224 g/mol. The lowest BCUT2D eigenvalue weighted by molar-refractivity contribution is 0.203. The fourth-order valence-electron chi connectivity index (χ4n) is 2.85. The van der Waals surface area contributed by atoms with Crippen LogP contribution in [0.2, 0.25) is 0 Å². The van der Waals surface area contributed by atoms with E-state index in [1.807, 2.05) is 0 Å². The molecule has 2 nitrogen and oxygen atoms in total. The molecular weight excluding hydrogens is 196 g/mol. The maximum Gasteiger partial charge on any atom is 0.0421 e. The molecule has 1 saturated carbocycles. The van der Waals surface area contributed by atoms with Gasteiger partial charge in [0, 0.05) is 6.04 Å². The molecule has 0 amide bonds. The highest BCUT2D eigenvalue weighted by Gasteiger charge is 2.27. The lowest BCUT2D eigenvalue weighted by Gasteiger charge is -2.34. The lowest BCUT2D eigenvalue weighted by atomic mass is 9.74. The molecule has 2 heteroatoms. The zero-order chi connectivity index (χ0) is 12.1. The van der Waals surface area contributed by atoms with Crippen LogP contribution in [0, 0.1) is 17.8 Å². The van der Waals surface area contributed by atoms with E-state index in [-0.39, 0.29) is 0 Å². The molecule has 1 unspecified atom stereocenters. The van der Waals surface area contributed by atoms with Gasteiger partial charge in [-0.1, -0.05) is 25.5 Å². The number of rotatable bonds is 4. The summed E-state index contributed by atoms with van der Waals surface area (Å²) in [6, 6.07) is 0.373. The molecule has 1 fully saturated rings. The lowest BCUT2D eigenvalue weighted by Crippen LogP contribution is -2.41. The fraction of sp³-hybridized carbons (Fsp3) is 0.857. The van der Waals surface area contributed by atoms with Crippen molar-refractivity contribution in [3.63, 3.8) is 0 Å². The van der Waals surface area contributed by atoms with E-state index in [4.69, 9.17) is 5.84 Å². The normalized spacial score (nSPS) is 27.9. The third kappa shape index (κ3) is 3.91. The quantitative estimate of drug-likeness (QED) is 0.437. The Morgan fingerprint density at radius 1 is 1.12 bits per heavy atom. The predicted octanol–water partition coefficient (Wildman–Crippen LogP) is 3.25. The molecule has 0 spiro atoms. The highest BCUT2D eigenvalue weighted by Crippen LogP contribution is 2.35. The SMILES string of the molecule is CC(C)=CC(NN)C1CCC(C(C)C)CC1. The molecule has 3 N–H and O–H groups in total. The number of hydrogen-bond acceptors (Lipinski definition) is 2. The molecule has 0 aliphatic heterocycles. The van der Waals surface area contributed by atoms with Gasteiger partial charge < -0.3 is 0 Å². The van der Waals surface area contributed by atoms with Crippen LogP contribution in [0.5, 0.6) is 0 Å². The first-order valence-electron chi connectivity index (χ1n) is 6.65. The first-order chi connectivity index (χ1) is 7.54. The Hall–Kier alpha value is -0.340. The number of hydrazine groups is 1. The van der Waals surface area contributed by atoms with Gasteiger partial charge in [0.1, 0.15) is 0 Å². The van der Waals surface area contributed by atoms with E-state index in [2.05, 4.69) is 39.2 Å². The highest BCUT2D eigenvalue weighted by atomic mass is 15.2. The van der Waals surface area contributed by atoms with E-state index in [0.717, 1.165) is 17.8 Å². The second-order valence-corrected chi connectivity index (χ2v) is 5.86. The molecule has 1 rings (SSSR count). The van der Waals surface area contributed by atoms with Gasteiger partial charge in [-0.15, -0.1) is 0 Å². The smallest absolute Gasteiger partial charge is 0.0421 e. The van der Waals surface area contributed by atoms with Gasteiger partial charge in [0.25, 0.3) is 0 Å². The van der Waals surface area contributed by atoms with E-state index in [0.29, 0.717) is 6.04 Å². The molecule has 0 heterocycles. The van der Waals surface area contributed by atoms with E-state index in [1.165, 1.54) is 31.3 Å². The molecule has 1 atom stereocenters. The summed E-state index contributed by atoms with van der Waals surface area (Å²) < 4.78 is 0. The molecule has 1 aliphatic rings. The summed E-state index contributed by atoms with van der Waals surface area (Å²) >= 11 is 0. The van der Waals surface area contributed by atoms with Gasteiger partial charge >= 0.3 is 0 Å². The summed E-state index contributed by atoms with van der Waals surface area (Å²) in [5.74, 6) is 8.16. The van der Waals surface area contributed by atoms with Crippen LogP contribution >= 0.6 is 0 Å². The Morgan fingerprint density at radius 2 is 1.62 bits per heavy atom. The second-order valence-electron chi connectivity index (χ2n) is 5.86. The molecule has 0 saturated heterocycles. The Balaban J connectivity index is 2.48. The van der Waals surface area contributed by atoms with Gasteiger partial charge in [0.05, 0.1) is 0 Å². The van der Waals surface area contributed by atoms with Crippen molar-refractivity contribution in [1.82, 2.24) is 5.43 Å². The van der Waals surface area contributed by atoms with Crippen molar-refractivity contribution in [2.75, 3.05) is 0 Å². The Bertz CT molecular complexity index is 221. The molecule has 0 aromatic rings. The van der Waals surface area contributed by atoms with Crippen LogP contribution in [0.15, 0.2) is 11.6 Å². The number of nitrogens with two attached hydrogens (primary N) is 1. The van der Waals surface area contributed by atoms with Crippen molar-refractivity contribution in [1.29, 1.82) is 0 Å². The summed E-state index contributed by atoms with van der Waals surface area (Å²) in [4.78, 5) is 0. The third-order valence-electron chi connectivity index (χ3n) is 3.97. The predicted molar refractivity (Wildman–Crippen MR) is 70.8 cm³/mol. The maximum absolute atomic E-state index is 5.65. The zero-order valence-electron chi connectivity index (χ0n) is 11.3. The molecule has 94 valence electrons. The summed E-state index contributed by atoms with van der Waals surface area (Å²) in [6.07, 6.45) is 7.66. The van der Waals surface area contributed by atoms with E-state index < -0.39 is 0 Å². The standard InChI is InChI=1S/C14H28N2/c1-10(2)9-14(16-15)13-7-5-12(6-8-13)11(3)4/h9,11-14,16H,5-8,15H2,1-4H3. The number of nitrogens with one attached hydrogen (secondary N) is 1. The largest absolute Gasteiger partial charge is 0.271 e. The van der Waals surface area contributed by atoms with Gasteiger partial charge in [-0.2, -0.15) is 0 Å². The Labute approximate surface area is 101 Å². The van der Waals surface area contributed by atoms with Gasteiger partial charge in [0.2, 0.25) is 0 Å². The number of hydrogen-bond donors (Lipinski definition) is 2. The van der Waals surface area contributed by atoms with Crippen LogP contribution in [0.4, 0.5) is 0 Å². The van der Waals surface area contributed by atoms with Gasteiger partial charge in [-0.25, -0.2) is 0 Å². The van der Waals surface area contributed by atoms with Crippen LogP contribution in [0.25, 0.3) is 0 Å². The van der Waals surface area contributed by atoms with Gasteiger partial charge in [-0.05, 0) is 57.3 Å². The topological polar surface area (TPSA) is 38.0 Å². The minimum Gasteiger partial charge on any atom is -0.271 e. The molecule has 0 radical (unpaired) electrons. The van der Waals surface area contributed by atoms with Gasteiger partial charge in [-0.3, -0.25) is 11.3 Å².